The quantitative estimate of drug-likeness (QED) is 0.414. The van der Waals surface area contributed by atoms with E-state index in [4.69, 9.17) is 32.9 Å². The number of amides is 2. The highest BCUT2D eigenvalue weighted by atomic mass is 35.5. The molecule has 1 unspecified atom stereocenters. The van der Waals surface area contributed by atoms with Gasteiger partial charge in [-0.15, -0.1) is 0 Å². The van der Waals surface area contributed by atoms with E-state index in [9.17, 15) is 9.59 Å². The lowest BCUT2D eigenvalue weighted by molar-refractivity contribution is 0.169. The molecule has 1 aromatic heterocycles. The third-order valence-corrected chi connectivity index (χ3v) is 6.21. The number of rotatable bonds is 9. The number of fused-ring (bicyclic) bond motifs is 1. The molecule has 0 bridgehead atoms. The molecule has 9 heteroatoms. The Kier molecular flexibility index (Phi) is 8.72. The van der Waals surface area contributed by atoms with Gasteiger partial charge in [-0.2, -0.15) is 0 Å². The van der Waals surface area contributed by atoms with Crippen LogP contribution in [-0.2, 0) is 11.3 Å². The average molecular weight is 491 g/mol. The van der Waals surface area contributed by atoms with Crippen LogP contribution in [0.1, 0.15) is 38.6 Å². The van der Waals surface area contributed by atoms with Crippen LogP contribution in [-0.4, -0.2) is 40.7 Å². The monoisotopic (exact) mass is 490 g/mol. The number of methoxy groups -OCH3 is 1. The van der Waals surface area contributed by atoms with Crippen LogP contribution in [0.2, 0.25) is 10.0 Å². The summed E-state index contributed by atoms with van der Waals surface area (Å²) in [6.07, 6.45) is 1.29. The lowest BCUT2D eigenvalue weighted by Crippen LogP contribution is -2.41. The van der Waals surface area contributed by atoms with Crippen molar-refractivity contribution in [2.24, 2.45) is 0 Å². The molecule has 176 valence electrons. The van der Waals surface area contributed by atoms with Gasteiger partial charge in [0.2, 0.25) is 0 Å². The third-order valence-electron chi connectivity index (χ3n) is 5.39. The Morgan fingerprint density at radius 1 is 1.18 bits per heavy atom. The van der Waals surface area contributed by atoms with Crippen molar-refractivity contribution in [2.75, 3.05) is 25.6 Å². The summed E-state index contributed by atoms with van der Waals surface area (Å²) in [5.74, 6) is 0.527. The number of para-hydroxylation sites is 1. The molecule has 1 N–H and O–H groups in total. The average Bonchev–Trinajstić information content (AvgIpc) is 2.81. The van der Waals surface area contributed by atoms with Crippen molar-refractivity contribution in [3.63, 3.8) is 0 Å². The van der Waals surface area contributed by atoms with Crippen molar-refractivity contribution in [1.29, 1.82) is 0 Å². The van der Waals surface area contributed by atoms with Crippen LogP contribution in [0.3, 0.4) is 0 Å². The summed E-state index contributed by atoms with van der Waals surface area (Å²) in [4.78, 5) is 33.2. The second-order valence-corrected chi connectivity index (χ2v) is 8.37. The van der Waals surface area contributed by atoms with E-state index in [1.165, 1.54) is 0 Å². The van der Waals surface area contributed by atoms with Gasteiger partial charge in [0.25, 0.3) is 5.56 Å². The van der Waals surface area contributed by atoms with Crippen molar-refractivity contribution in [1.82, 2.24) is 14.5 Å². The Morgan fingerprint density at radius 3 is 2.64 bits per heavy atom. The highest BCUT2D eigenvalue weighted by Gasteiger charge is 2.28. The van der Waals surface area contributed by atoms with Gasteiger partial charge in [0, 0.05) is 13.7 Å². The zero-order valence-corrected chi connectivity index (χ0v) is 20.5. The number of aromatic nitrogens is 2. The largest absolute Gasteiger partial charge is 0.383 e. The van der Waals surface area contributed by atoms with E-state index in [1.807, 2.05) is 32.0 Å². The lowest BCUT2D eigenvalue weighted by Gasteiger charge is -2.32. The predicted octanol–water partition coefficient (Wildman–Crippen LogP) is 5.74. The minimum atomic E-state index is -0.433. The molecule has 2 amide bonds. The van der Waals surface area contributed by atoms with E-state index in [2.05, 4.69) is 5.32 Å². The van der Waals surface area contributed by atoms with Crippen LogP contribution in [0.4, 0.5) is 10.5 Å². The van der Waals surface area contributed by atoms with Gasteiger partial charge in [0.1, 0.15) is 5.82 Å². The minimum absolute atomic E-state index is 0.152. The van der Waals surface area contributed by atoms with E-state index in [-0.39, 0.29) is 16.6 Å². The van der Waals surface area contributed by atoms with Gasteiger partial charge in [-0.05, 0) is 37.1 Å². The molecule has 0 aliphatic carbocycles. The van der Waals surface area contributed by atoms with Crippen molar-refractivity contribution in [2.45, 2.75) is 39.3 Å². The summed E-state index contributed by atoms with van der Waals surface area (Å²) in [6.45, 7) is 5.11. The zero-order valence-electron chi connectivity index (χ0n) is 19.0. The Hall–Kier alpha value is -2.61. The number of nitrogens with zero attached hydrogens (tertiary/aromatic N) is 3. The first kappa shape index (κ1) is 25.0. The van der Waals surface area contributed by atoms with Crippen molar-refractivity contribution < 1.29 is 9.53 Å². The van der Waals surface area contributed by atoms with Crippen LogP contribution in [0, 0.1) is 0 Å². The number of hydrogen-bond donors (Lipinski definition) is 1. The number of benzene rings is 2. The second kappa shape index (κ2) is 11.5. The molecule has 3 aromatic rings. The molecule has 3 rings (SSSR count). The molecular weight excluding hydrogens is 463 g/mol. The molecule has 0 saturated heterocycles. The Labute approximate surface area is 203 Å². The summed E-state index contributed by atoms with van der Waals surface area (Å²) >= 11 is 12.4. The predicted molar refractivity (Wildman–Crippen MR) is 133 cm³/mol. The molecule has 1 heterocycles. The van der Waals surface area contributed by atoms with E-state index in [1.54, 1.807) is 40.8 Å². The first-order valence-electron chi connectivity index (χ1n) is 10.9. The summed E-state index contributed by atoms with van der Waals surface area (Å²) < 4.78 is 6.85. The van der Waals surface area contributed by atoms with Gasteiger partial charge >= 0.3 is 6.03 Å². The highest BCUT2D eigenvalue weighted by molar-refractivity contribution is 6.43. The van der Waals surface area contributed by atoms with Crippen molar-refractivity contribution in [3.8, 4) is 0 Å². The highest BCUT2D eigenvalue weighted by Crippen LogP contribution is 2.31. The number of halogens is 2. The summed E-state index contributed by atoms with van der Waals surface area (Å²) in [7, 11) is 1.59. The lowest BCUT2D eigenvalue weighted by atomic mass is 10.1. The molecule has 7 nitrogen and oxygen atoms in total. The van der Waals surface area contributed by atoms with E-state index < -0.39 is 6.04 Å². The number of nitrogens with one attached hydrogen (secondary N) is 1. The van der Waals surface area contributed by atoms with Crippen molar-refractivity contribution in [3.05, 3.63) is 68.7 Å². The molecule has 0 radical (unpaired) electrons. The maximum Gasteiger partial charge on any atom is 0.322 e. The molecular formula is C24H28Cl2N4O3. The fourth-order valence-corrected chi connectivity index (χ4v) is 4.16. The Balaban J connectivity index is 2.07. The number of carbonyl (C=O) groups excluding carboxylic acids is 1. The molecule has 33 heavy (non-hydrogen) atoms. The fourth-order valence-electron chi connectivity index (χ4n) is 3.81. The molecule has 0 aliphatic rings. The Morgan fingerprint density at radius 2 is 1.94 bits per heavy atom. The summed E-state index contributed by atoms with van der Waals surface area (Å²) in [5.41, 5.74) is 0.869. The molecule has 0 aliphatic heterocycles. The van der Waals surface area contributed by atoms with Crippen molar-refractivity contribution >= 4 is 45.8 Å². The molecule has 1 atom stereocenters. The molecule has 0 spiro atoms. The summed E-state index contributed by atoms with van der Waals surface area (Å²) in [6, 6.07) is 11.5. The maximum absolute atomic E-state index is 13.4. The molecule has 0 saturated carbocycles. The fraction of sp³-hybridized carbons (Fsp3) is 0.375. The topological polar surface area (TPSA) is 76.5 Å². The first-order valence-corrected chi connectivity index (χ1v) is 11.7. The van der Waals surface area contributed by atoms with Gasteiger partial charge in [0.15, 0.2) is 0 Å². The van der Waals surface area contributed by atoms with Gasteiger partial charge in [-0.3, -0.25) is 9.36 Å². The third kappa shape index (κ3) is 5.49. The number of ether oxygens (including phenoxy) is 1. The number of hydrogen-bond acceptors (Lipinski definition) is 4. The first-order chi connectivity index (χ1) is 15.9. The SMILES string of the molecule is CCCN(C(=O)Nc1cccc(Cl)c1Cl)C(CC)c1nc2ccccc2c(=O)n1CCOC. The number of carbonyl (C=O) groups is 1. The van der Waals surface area contributed by atoms with Gasteiger partial charge in [0.05, 0.1) is 45.8 Å². The second-order valence-electron chi connectivity index (χ2n) is 7.59. The minimum Gasteiger partial charge on any atom is -0.383 e. The molecule has 2 aromatic carbocycles. The smallest absolute Gasteiger partial charge is 0.322 e. The van der Waals surface area contributed by atoms with E-state index >= 15 is 0 Å². The standard InChI is InChI=1S/C24H28Cl2N4O3/c1-4-13-29(24(32)28-19-12-8-10-17(25)21(19)26)20(5-2)22-27-18-11-7-6-9-16(18)23(31)30(22)14-15-33-3/h6-12,20H,4-5,13-15H2,1-3H3,(H,28,32). The molecule has 0 fully saturated rings. The van der Waals surface area contributed by atoms with Gasteiger partial charge in [-0.25, -0.2) is 9.78 Å². The van der Waals surface area contributed by atoms with Gasteiger partial charge in [-0.1, -0.05) is 55.2 Å². The van der Waals surface area contributed by atoms with Crippen LogP contribution >= 0.6 is 23.2 Å². The van der Waals surface area contributed by atoms with Crippen LogP contribution in [0.15, 0.2) is 47.3 Å². The zero-order chi connectivity index (χ0) is 24.0. The van der Waals surface area contributed by atoms with Crippen LogP contribution in [0.25, 0.3) is 10.9 Å². The van der Waals surface area contributed by atoms with Gasteiger partial charge < -0.3 is 15.0 Å². The Bertz CT molecular complexity index is 1180. The van der Waals surface area contributed by atoms with E-state index in [0.717, 1.165) is 6.42 Å². The van der Waals surface area contributed by atoms with Crippen LogP contribution in [0.5, 0.6) is 0 Å². The number of anilines is 1. The summed E-state index contributed by atoms with van der Waals surface area (Å²) in [5, 5.41) is 4.03. The number of urea groups is 1. The van der Waals surface area contributed by atoms with E-state index in [0.29, 0.717) is 53.6 Å². The maximum atomic E-state index is 13.4. The van der Waals surface area contributed by atoms with Crippen LogP contribution < -0.4 is 10.9 Å². The normalized spacial score (nSPS) is 12.0.